The fourth-order valence-corrected chi connectivity index (χ4v) is 4.90. The van der Waals surface area contributed by atoms with Crippen molar-refractivity contribution >= 4 is 34.8 Å². The molecule has 8 heteroatoms. The summed E-state index contributed by atoms with van der Waals surface area (Å²) in [6.07, 6.45) is 0.112. The third kappa shape index (κ3) is 5.28. The van der Waals surface area contributed by atoms with Crippen molar-refractivity contribution in [2.24, 2.45) is 5.92 Å². The van der Waals surface area contributed by atoms with Crippen LogP contribution >= 0.6 is 0 Å². The van der Waals surface area contributed by atoms with Gasteiger partial charge in [0.15, 0.2) is 0 Å². The molecule has 5 rings (SSSR count). The number of carbonyl (C=O) groups excluding carboxylic acids is 3. The van der Waals surface area contributed by atoms with E-state index in [4.69, 9.17) is 4.74 Å². The number of nitrogens with zero attached hydrogens (tertiary/aromatic N) is 3. The Morgan fingerprint density at radius 2 is 1.57 bits per heavy atom. The zero-order chi connectivity index (χ0) is 25.8. The monoisotopic (exact) mass is 498 g/mol. The number of carbonyl (C=O) groups is 3. The van der Waals surface area contributed by atoms with Crippen molar-refractivity contribution in [2.45, 2.75) is 6.42 Å². The summed E-state index contributed by atoms with van der Waals surface area (Å²) in [4.78, 5) is 45.0. The Hall–Kier alpha value is -4.33. The summed E-state index contributed by atoms with van der Waals surface area (Å²) >= 11 is 0. The molecule has 2 saturated heterocycles. The molecule has 8 nitrogen and oxygen atoms in total. The number of piperazine rings is 1. The van der Waals surface area contributed by atoms with Gasteiger partial charge in [-0.05, 0) is 36.4 Å². The second-order valence-electron chi connectivity index (χ2n) is 9.26. The number of benzene rings is 3. The van der Waals surface area contributed by atoms with Crippen LogP contribution in [0.2, 0.25) is 0 Å². The van der Waals surface area contributed by atoms with Crippen LogP contribution in [0.3, 0.4) is 0 Å². The van der Waals surface area contributed by atoms with Crippen LogP contribution in [0.1, 0.15) is 16.8 Å². The molecule has 1 N–H and O–H groups in total. The highest BCUT2D eigenvalue weighted by Crippen LogP contribution is 2.29. The minimum absolute atomic E-state index is 0.107. The first kappa shape index (κ1) is 24.4. The van der Waals surface area contributed by atoms with Gasteiger partial charge < -0.3 is 24.8 Å². The minimum atomic E-state index is -0.517. The Morgan fingerprint density at radius 3 is 2.32 bits per heavy atom. The number of methoxy groups -OCH3 is 1. The molecule has 0 unspecified atom stereocenters. The Kier molecular flexibility index (Phi) is 7.07. The van der Waals surface area contributed by atoms with Crippen LogP contribution in [0.25, 0.3) is 0 Å². The Morgan fingerprint density at radius 1 is 0.865 bits per heavy atom. The topological polar surface area (TPSA) is 82.2 Å². The SMILES string of the molecule is COc1cccc(N2C[C@@H](C(=O)Nc3ccccc3C(=O)N3CCN(c4ccccc4)CC3)CC2=O)c1. The van der Waals surface area contributed by atoms with Gasteiger partial charge in [-0.2, -0.15) is 0 Å². The van der Waals surface area contributed by atoms with Crippen LogP contribution in [-0.2, 0) is 9.59 Å². The van der Waals surface area contributed by atoms with E-state index < -0.39 is 5.92 Å². The first-order valence-electron chi connectivity index (χ1n) is 12.5. The summed E-state index contributed by atoms with van der Waals surface area (Å²) in [5.41, 5.74) is 2.77. The van der Waals surface area contributed by atoms with Crippen LogP contribution in [0, 0.1) is 5.92 Å². The molecule has 0 aromatic heterocycles. The largest absolute Gasteiger partial charge is 0.497 e. The number of nitrogens with one attached hydrogen (secondary N) is 1. The summed E-state index contributed by atoms with van der Waals surface area (Å²) in [7, 11) is 1.57. The predicted molar refractivity (Wildman–Crippen MR) is 143 cm³/mol. The standard InChI is InChI=1S/C29H30N4O4/c1-37-24-11-7-10-23(19-24)33-20-21(18-27(33)34)28(35)30-26-13-6-5-12-25(26)29(36)32-16-14-31(15-17-32)22-8-3-2-4-9-22/h2-13,19,21H,14-18,20H2,1H3,(H,30,35)/t21-/m0/s1. The molecule has 190 valence electrons. The quantitative estimate of drug-likeness (QED) is 0.561. The van der Waals surface area contributed by atoms with E-state index >= 15 is 0 Å². The molecular weight excluding hydrogens is 468 g/mol. The summed E-state index contributed by atoms with van der Waals surface area (Å²) in [5, 5.41) is 2.92. The van der Waals surface area contributed by atoms with Gasteiger partial charge in [0.2, 0.25) is 11.8 Å². The zero-order valence-corrected chi connectivity index (χ0v) is 20.8. The summed E-state index contributed by atoms with van der Waals surface area (Å²) in [6, 6.07) is 24.5. The molecule has 0 saturated carbocycles. The number of hydrogen-bond donors (Lipinski definition) is 1. The van der Waals surface area contributed by atoms with Crippen LogP contribution in [0.15, 0.2) is 78.9 Å². The lowest BCUT2D eigenvalue weighted by Crippen LogP contribution is -2.49. The van der Waals surface area contributed by atoms with Gasteiger partial charge in [-0.25, -0.2) is 0 Å². The number of ether oxygens (including phenoxy) is 1. The van der Waals surface area contributed by atoms with Crippen molar-refractivity contribution in [3.05, 3.63) is 84.4 Å². The van der Waals surface area contributed by atoms with E-state index in [1.807, 2.05) is 41.3 Å². The smallest absolute Gasteiger partial charge is 0.256 e. The molecule has 0 radical (unpaired) electrons. The van der Waals surface area contributed by atoms with Crippen molar-refractivity contribution in [2.75, 3.05) is 55.0 Å². The molecule has 2 aliphatic heterocycles. The average molecular weight is 499 g/mol. The number of rotatable bonds is 6. The normalized spacial score (nSPS) is 17.6. The lowest BCUT2D eigenvalue weighted by atomic mass is 10.1. The summed E-state index contributed by atoms with van der Waals surface area (Å²) in [5.74, 6) is -0.363. The van der Waals surface area contributed by atoms with Gasteiger partial charge in [-0.3, -0.25) is 14.4 Å². The minimum Gasteiger partial charge on any atom is -0.497 e. The van der Waals surface area contributed by atoms with Gasteiger partial charge in [-0.15, -0.1) is 0 Å². The first-order chi connectivity index (χ1) is 18.0. The lowest BCUT2D eigenvalue weighted by Gasteiger charge is -2.36. The first-order valence-corrected chi connectivity index (χ1v) is 12.5. The Bertz CT molecular complexity index is 1290. The molecule has 37 heavy (non-hydrogen) atoms. The van der Waals surface area contributed by atoms with Crippen LogP contribution < -0.4 is 19.9 Å². The second kappa shape index (κ2) is 10.7. The highest BCUT2D eigenvalue weighted by Gasteiger charge is 2.36. The maximum Gasteiger partial charge on any atom is 0.256 e. The van der Waals surface area contributed by atoms with E-state index in [0.29, 0.717) is 35.8 Å². The van der Waals surface area contributed by atoms with Gasteiger partial charge in [0.1, 0.15) is 5.75 Å². The molecule has 1 atom stereocenters. The molecule has 0 bridgehead atoms. The van der Waals surface area contributed by atoms with Crippen molar-refractivity contribution < 1.29 is 19.1 Å². The fraction of sp³-hybridized carbons (Fsp3) is 0.276. The predicted octanol–water partition coefficient (Wildman–Crippen LogP) is 3.65. The van der Waals surface area contributed by atoms with Gasteiger partial charge in [-0.1, -0.05) is 36.4 Å². The van der Waals surface area contributed by atoms with Crippen molar-refractivity contribution in [1.82, 2.24) is 4.90 Å². The molecule has 3 amide bonds. The van der Waals surface area contributed by atoms with Gasteiger partial charge in [0, 0.05) is 56.6 Å². The van der Waals surface area contributed by atoms with E-state index in [1.165, 1.54) is 0 Å². The Balaban J connectivity index is 1.24. The maximum absolute atomic E-state index is 13.4. The van der Waals surface area contributed by atoms with Crippen molar-refractivity contribution in [3.63, 3.8) is 0 Å². The van der Waals surface area contributed by atoms with E-state index in [9.17, 15) is 14.4 Å². The van der Waals surface area contributed by atoms with Gasteiger partial charge in [0.05, 0.1) is 24.3 Å². The molecule has 2 aliphatic rings. The highest BCUT2D eigenvalue weighted by atomic mass is 16.5. The number of amides is 3. The van der Waals surface area contributed by atoms with E-state index in [0.717, 1.165) is 18.8 Å². The van der Waals surface area contributed by atoms with Crippen LogP contribution in [-0.4, -0.2) is 62.5 Å². The van der Waals surface area contributed by atoms with Crippen molar-refractivity contribution in [1.29, 1.82) is 0 Å². The molecule has 0 aliphatic carbocycles. The van der Waals surface area contributed by atoms with E-state index in [2.05, 4.69) is 22.3 Å². The van der Waals surface area contributed by atoms with Gasteiger partial charge >= 0.3 is 0 Å². The molecule has 0 spiro atoms. The fourth-order valence-electron chi connectivity index (χ4n) is 4.90. The zero-order valence-electron chi connectivity index (χ0n) is 20.8. The molecular formula is C29H30N4O4. The average Bonchev–Trinajstić information content (AvgIpc) is 3.35. The molecule has 2 heterocycles. The highest BCUT2D eigenvalue weighted by molar-refractivity contribution is 6.07. The van der Waals surface area contributed by atoms with Crippen LogP contribution in [0.4, 0.5) is 17.1 Å². The summed E-state index contributed by atoms with van der Waals surface area (Å²) in [6.45, 7) is 2.96. The lowest BCUT2D eigenvalue weighted by molar-refractivity contribution is -0.122. The molecule has 3 aromatic carbocycles. The van der Waals surface area contributed by atoms with Crippen molar-refractivity contribution in [3.8, 4) is 5.75 Å². The Labute approximate surface area is 216 Å². The van der Waals surface area contributed by atoms with Gasteiger partial charge in [0.25, 0.3) is 5.91 Å². The molecule has 2 fully saturated rings. The van der Waals surface area contributed by atoms with E-state index in [1.54, 1.807) is 42.3 Å². The number of hydrogen-bond acceptors (Lipinski definition) is 5. The van der Waals surface area contributed by atoms with Crippen LogP contribution in [0.5, 0.6) is 5.75 Å². The third-order valence-electron chi connectivity index (χ3n) is 6.96. The number of anilines is 3. The number of para-hydroxylation sites is 2. The maximum atomic E-state index is 13.4. The molecule has 3 aromatic rings. The second-order valence-corrected chi connectivity index (χ2v) is 9.26. The third-order valence-corrected chi connectivity index (χ3v) is 6.96. The summed E-state index contributed by atoms with van der Waals surface area (Å²) < 4.78 is 5.26. The van der Waals surface area contributed by atoms with E-state index in [-0.39, 0.29) is 30.7 Å².